The first kappa shape index (κ1) is 21.1. The Kier molecular flexibility index (Phi) is 5.28. The van der Waals surface area contributed by atoms with Crippen LogP contribution in [0.25, 0.3) is 0 Å². The summed E-state index contributed by atoms with van der Waals surface area (Å²) >= 11 is 6.54. The number of hydrogen-bond donors (Lipinski definition) is 1. The van der Waals surface area contributed by atoms with Crippen molar-refractivity contribution in [3.8, 4) is 0 Å². The predicted octanol–water partition coefficient (Wildman–Crippen LogP) is 4.78. The van der Waals surface area contributed by atoms with E-state index in [4.69, 9.17) is 16.6 Å². The second kappa shape index (κ2) is 7.99. The molecule has 1 N–H and O–H groups in total. The van der Waals surface area contributed by atoms with E-state index < -0.39 is 10.0 Å². The van der Waals surface area contributed by atoms with Gasteiger partial charge in [-0.25, -0.2) is 18.4 Å². The highest BCUT2D eigenvalue weighted by Gasteiger charge is 2.25. The van der Waals surface area contributed by atoms with Crippen molar-refractivity contribution >= 4 is 44.5 Å². The number of nitrogens with zero attached hydrogens (tertiary/aromatic N) is 3. The summed E-state index contributed by atoms with van der Waals surface area (Å²) in [6.45, 7) is 2.91. The molecule has 0 radical (unpaired) electrons. The molecule has 0 saturated carbocycles. The molecule has 0 fully saturated rings. The summed E-state index contributed by atoms with van der Waals surface area (Å²) in [5, 5.41) is 4.16. The lowest BCUT2D eigenvalue weighted by Gasteiger charge is -2.28. The maximum absolute atomic E-state index is 11.9. The van der Waals surface area contributed by atoms with Gasteiger partial charge in [0.25, 0.3) is 0 Å². The number of anilines is 2. The number of pyridine rings is 1. The predicted molar refractivity (Wildman–Crippen MR) is 129 cm³/mol. The van der Waals surface area contributed by atoms with Gasteiger partial charge in [-0.15, -0.1) is 0 Å². The first-order valence-corrected chi connectivity index (χ1v) is 12.7. The van der Waals surface area contributed by atoms with Gasteiger partial charge >= 0.3 is 0 Å². The van der Waals surface area contributed by atoms with Crippen molar-refractivity contribution in [3.63, 3.8) is 0 Å². The fourth-order valence-corrected chi connectivity index (χ4v) is 5.34. The largest absolute Gasteiger partial charge is 0.355 e. The van der Waals surface area contributed by atoms with Crippen molar-refractivity contribution in [2.24, 2.45) is 4.99 Å². The lowest BCUT2D eigenvalue weighted by atomic mass is 9.98. The van der Waals surface area contributed by atoms with Gasteiger partial charge in [0.1, 0.15) is 0 Å². The van der Waals surface area contributed by atoms with Gasteiger partial charge in [-0.3, -0.25) is 0 Å². The Bertz CT molecular complexity index is 1370. The van der Waals surface area contributed by atoms with Crippen LogP contribution in [0.5, 0.6) is 0 Å². The van der Waals surface area contributed by atoms with Crippen LogP contribution in [0.3, 0.4) is 0 Å². The zero-order valence-electron chi connectivity index (χ0n) is 17.9. The molecule has 6 nitrogen and oxygen atoms in total. The number of aromatic nitrogens is 1. The average Bonchev–Trinajstić information content (AvgIpc) is 3.17. The lowest BCUT2D eigenvalue weighted by molar-refractivity contribution is 0.395. The molecule has 3 aromatic rings. The minimum atomic E-state index is -3.21. The standard InChI is InChI=1S/C24H23ClN4O2S/c1-15-10-17-11-23(28-24(17)26-13-15)20-12-18(6-7-21(20)25)27-22-5-3-4-16-14-29(32(2,30)31)9-8-19(16)22/h3-7,10,12-13,27H,8-9,11,14H2,1-2H3. The molecular formula is C24H23ClN4O2S. The SMILES string of the molecule is Cc1cnc2c(c1)CC(c1cc(Nc3cccc4c3CCN(S(C)(=O)=O)C4)ccc1Cl)=N2. The normalized spacial score (nSPS) is 15.8. The van der Waals surface area contributed by atoms with Gasteiger partial charge < -0.3 is 5.32 Å². The Morgan fingerprint density at radius 1 is 1.12 bits per heavy atom. The smallest absolute Gasteiger partial charge is 0.211 e. The summed E-state index contributed by atoms with van der Waals surface area (Å²) < 4.78 is 25.4. The molecule has 5 rings (SSSR count). The van der Waals surface area contributed by atoms with Crippen molar-refractivity contribution < 1.29 is 8.42 Å². The topological polar surface area (TPSA) is 74.7 Å². The Hall–Kier alpha value is -2.74. The van der Waals surface area contributed by atoms with E-state index in [2.05, 4.69) is 16.4 Å². The molecule has 0 atom stereocenters. The summed E-state index contributed by atoms with van der Waals surface area (Å²) in [6, 6.07) is 13.9. The van der Waals surface area contributed by atoms with Gasteiger partial charge in [-0.05, 0) is 54.3 Å². The Labute approximate surface area is 193 Å². The van der Waals surface area contributed by atoms with Crippen molar-refractivity contribution in [3.05, 3.63) is 81.5 Å². The van der Waals surface area contributed by atoms with Crippen LogP contribution < -0.4 is 5.32 Å². The van der Waals surface area contributed by atoms with Crippen molar-refractivity contribution in [2.75, 3.05) is 18.1 Å². The highest BCUT2D eigenvalue weighted by atomic mass is 35.5. The Morgan fingerprint density at radius 2 is 1.97 bits per heavy atom. The first-order chi connectivity index (χ1) is 15.3. The summed E-state index contributed by atoms with van der Waals surface area (Å²) in [4.78, 5) is 9.14. The number of sulfonamides is 1. The molecule has 0 unspecified atom stereocenters. The van der Waals surface area contributed by atoms with E-state index in [1.54, 1.807) is 0 Å². The summed E-state index contributed by atoms with van der Waals surface area (Å²) in [6.07, 6.45) is 4.46. The van der Waals surface area contributed by atoms with Gasteiger partial charge in [0.05, 0.1) is 12.0 Å². The molecule has 8 heteroatoms. The monoisotopic (exact) mass is 466 g/mol. The number of aliphatic imine (C=N–C) groups is 1. The first-order valence-electron chi connectivity index (χ1n) is 10.4. The Balaban J connectivity index is 1.43. The number of benzene rings is 2. The quantitative estimate of drug-likeness (QED) is 0.600. The third-order valence-electron chi connectivity index (χ3n) is 5.93. The van der Waals surface area contributed by atoms with Crippen LogP contribution in [0.2, 0.25) is 5.02 Å². The van der Waals surface area contributed by atoms with Crippen LogP contribution in [0, 0.1) is 6.92 Å². The summed E-state index contributed by atoms with van der Waals surface area (Å²) in [7, 11) is -3.21. The van der Waals surface area contributed by atoms with Crippen LogP contribution in [-0.2, 0) is 29.4 Å². The number of aryl methyl sites for hydroxylation is 1. The molecular weight excluding hydrogens is 444 g/mol. The minimum Gasteiger partial charge on any atom is -0.355 e. The maximum atomic E-state index is 11.9. The molecule has 0 amide bonds. The van der Waals surface area contributed by atoms with Gasteiger partial charge in [0, 0.05) is 53.2 Å². The van der Waals surface area contributed by atoms with Gasteiger partial charge in [0.15, 0.2) is 5.82 Å². The van der Waals surface area contributed by atoms with Crippen LogP contribution >= 0.6 is 11.6 Å². The molecule has 0 saturated heterocycles. The number of halogens is 1. The molecule has 0 bridgehead atoms. The molecule has 3 heterocycles. The second-order valence-electron chi connectivity index (χ2n) is 8.34. The minimum absolute atomic E-state index is 0.400. The van der Waals surface area contributed by atoms with E-state index in [9.17, 15) is 8.42 Å². The second-order valence-corrected chi connectivity index (χ2v) is 10.7. The van der Waals surface area contributed by atoms with E-state index >= 15 is 0 Å². The highest BCUT2D eigenvalue weighted by Crippen LogP contribution is 2.33. The maximum Gasteiger partial charge on any atom is 0.211 e. The van der Waals surface area contributed by atoms with Crippen molar-refractivity contribution in [2.45, 2.75) is 26.3 Å². The highest BCUT2D eigenvalue weighted by molar-refractivity contribution is 7.88. The number of nitrogens with one attached hydrogen (secondary N) is 1. The van der Waals surface area contributed by atoms with E-state index in [1.807, 2.05) is 49.5 Å². The molecule has 32 heavy (non-hydrogen) atoms. The van der Waals surface area contributed by atoms with Crippen LogP contribution in [0.15, 0.2) is 53.7 Å². The zero-order valence-corrected chi connectivity index (χ0v) is 19.5. The van der Waals surface area contributed by atoms with Crippen LogP contribution in [0.1, 0.15) is 27.8 Å². The van der Waals surface area contributed by atoms with Gasteiger partial charge in [-0.2, -0.15) is 4.31 Å². The summed E-state index contributed by atoms with van der Waals surface area (Å²) in [5.74, 6) is 0.757. The van der Waals surface area contributed by atoms with E-state index in [0.717, 1.165) is 50.7 Å². The third kappa shape index (κ3) is 4.03. The lowest BCUT2D eigenvalue weighted by Crippen LogP contribution is -2.35. The molecule has 2 aliphatic heterocycles. The van der Waals surface area contributed by atoms with E-state index in [1.165, 1.54) is 10.6 Å². The van der Waals surface area contributed by atoms with Crippen molar-refractivity contribution in [1.29, 1.82) is 0 Å². The van der Waals surface area contributed by atoms with Gasteiger partial charge in [0.2, 0.25) is 10.0 Å². The zero-order chi connectivity index (χ0) is 22.5. The molecule has 1 aromatic heterocycles. The molecule has 0 spiro atoms. The molecule has 2 aliphatic rings. The van der Waals surface area contributed by atoms with Crippen molar-refractivity contribution in [1.82, 2.24) is 9.29 Å². The fraction of sp³-hybridized carbons (Fsp3) is 0.250. The fourth-order valence-electron chi connectivity index (χ4n) is 4.32. The number of rotatable bonds is 4. The number of hydrogen-bond acceptors (Lipinski definition) is 5. The summed E-state index contributed by atoms with van der Waals surface area (Å²) in [5.41, 5.74) is 8.09. The van der Waals surface area contributed by atoms with Crippen LogP contribution in [0.4, 0.5) is 17.2 Å². The molecule has 164 valence electrons. The Morgan fingerprint density at radius 3 is 2.78 bits per heavy atom. The van der Waals surface area contributed by atoms with Crippen LogP contribution in [-0.4, -0.2) is 36.2 Å². The average molecular weight is 467 g/mol. The molecule has 2 aromatic carbocycles. The molecule has 0 aliphatic carbocycles. The number of fused-ring (bicyclic) bond motifs is 2. The van der Waals surface area contributed by atoms with E-state index in [-0.39, 0.29) is 0 Å². The van der Waals surface area contributed by atoms with Gasteiger partial charge in [-0.1, -0.05) is 29.8 Å². The van der Waals surface area contributed by atoms with E-state index in [0.29, 0.717) is 31.0 Å². The third-order valence-corrected chi connectivity index (χ3v) is 7.51.